The summed E-state index contributed by atoms with van der Waals surface area (Å²) in [6, 6.07) is 0. The zero-order chi connectivity index (χ0) is 13.2. The van der Waals surface area contributed by atoms with Crippen LogP contribution in [0.15, 0.2) is 0 Å². The third-order valence-corrected chi connectivity index (χ3v) is 6.69. The first kappa shape index (κ1) is 12.9. The smallest absolute Gasteiger partial charge is 0.160 e. The van der Waals surface area contributed by atoms with Crippen LogP contribution in [0.1, 0.15) is 60.3 Å². The van der Waals surface area contributed by atoms with E-state index < -0.39 is 0 Å². The molecule has 1 spiro atoms. The molecule has 2 nitrogen and oxygen atoms in total. The number of hydrogen-bond donors (Lipinski definition) is 0. The molecule has 3 aliphatic rings. The molecule has 4 atom stereocenters. The minimum Gasteiger partial charge on any atom is -0.352 e. The van der Waals surface area contributed by atoms with Gasteiger partial charge in [0.1, 0.15) is 0 Å². The maximum Gasteiger partial charge on any atom is 0.160 e. The van der Waals surface area contributed by atoms with E-state index in [0.717, 1.165) is 18.9 Å². The van der Waals surface area contributed by atoms with E-state index in [-0.39, 0.29) is 11.9 Å². The Morgan fingerprint density at radius 1 is 1.11 bits per heavy atom. The molecule has 3 rings (SSSR count). The minimum atomic E-state index is 0.00530. The van der Waals surface area contributed by atoms with Gasteiger partial charge in [-0.2, -0.15) is 0 Å². The van der Waals surface area contributed by atoms with Crippen molar-refractivity contribution < 1.29 is 9.47 Å². The lowest BCUT2D eigenvalue weighted by Crippen LogP contribution is -2.55. The van der Waals surface area contributed by atoms with Crippen LogP contribution in [-0.2, 0) is 9.47 Å². The summed E-state index contributed by atoms with van der Waals surface area (Å²) in [5.74, 6) is 1.29. The summed E-state index contributed by atoms with van der Waals surface area (Å²) in [6.07, 6.45) is 5.07. The lowest BCUT2D eigenvalue weighted by molar-refractivity contribution is -0.304. The third kappa shape index (κ3) is 1.37. The predicted molar refractivity (Wildman–Crippen MR) is 72.2 cm³/mol. The summed E-state index contributed by atoms with van der Waals surface area (Å²) in [5, 5.41) is 0. The molecule has 2 aliphatic carbocycles. The van der Waals surface area contributed by atoms with E-state index in [1.165, 1.54) is 19.3 Å². The Balaban J connectivity index is 1.93. The molecule has 1 heterocycles. The molecule has 0 N–H and O–H groups in total. The van der Waals surface area contributed by atoms with Crippen LogP contribution in [-0.4, -0.2) is 18.5 Å². The first-order valence-electron chi connectivity index (χ1n) is 7.62. The molecular weight excluding hydrogens is 224 g/mol. The van der Waals surface area contributed by atoms with Crippen LogP contribution in [0.2, 0.25) is 0 Å². The van der Waals surface area contributed by atoms with Crippen LogP contribution in [0.5, 0.6) is 0 Å². The van der Waals surface area contributed by atoms with Crippen LogP contribution in [0.25, 0.3) is 0 Å². The molecule has 0 aromatic carbocycles. The molecule has 3 fully saturated rings. The van der Waals surface area contributed by atoms with Gasteiger partial charge in [0.2, 0.25) is 0 Å². The van der Waals surface area contributed by atoms with E-state index in [9.17, 15) is 0 Å². The summed E-state index contributed by atoms with van der Waals surface area (Å²) < 4.78 is 12.4. The zero-order valence-corrected chi connectivity index (χ0v) is 12.6. The van der Waals surface area contributed by atoms with Gasteiger partial charge in [0.05, 0.1) is 12.2 Å². The molecule has 0 aromatic rings. The lowest BCUT2D eigenvalue weighted by atomic mass is 9.63. The van der Waals surface area contributed by atoms with E-state index in [1.807, 2.05) is 0 Å². The van der Waals surface area contributed by atoms with Crippen LogP contribution >= 0.6 is 0 Å². The molecular formula is C16H28O2. The van der Waals surface area contributed by atoms with Crippen molar-refractivity contribution in [3.63, 3.8) is 0 Å². The van der Waals surface area contributed by atoms with E-state index in [0.29, 0.717) is 16.7 Å². The summed E-state index contributed by atoms with van der Waals surface area (Å²) >= 11 is 0. The second-order valence-electron chi connectivity index (χ2n) is 7.84. The van der Waals surface area contributed by atoms with E-state index >= 15 is 0 Å². The Hall–Kier alpha value is -0.0800. The van der Waals surface area contributed by atoms with Gasteiger partial charge in [-0.3, -0.25) is 0 Å². The van der Waals surface area contributed by atoms with Crippen molar-refractivity contribution in [3.8, 4) is 0 Å². The first-order valence-corrected chi connectivity index (χ1v) is 7.62. The Morgan fingerprint density at radius 3 is 2.33 bits per heavy atom. The van der Waals surface area contributed by atoms with Gasteiger partial charge in [0.15, 0.2) is 6.29 Å². The molecule has 1 saturated heterocycles. The number of ether oxygens (including phenoxy) is 2. The van der Waals surface area contributed by atoms with Gasteiger partial charge < -0.3 is 9.47 Å². The van der Waals surface area contributed by atoms with Crippen molar-refractivity contribution in [3.05, 3.63) is 0 Å². The predicted octanol–water partition coefficient (Wildman–Crippen LogP) is 3.99. The molecule has 2 saturated carbocycles. The SMILES string of the molecule is CC(C)[C@H]1OCC[C@@]2(C[C@H]3CC[C@]2(C)C3(C)C)O1. The number of rotatable bonds is 1. The van der Waals surface area contributed by atoms with E-state index in [4.69, 9.17) is 9.47 Å². The quantitative estimate of drug-likeness (QED) is 0.702. The van der Waals surface area contributed by atoms with Crippen LogP contribution in [0, 0.1) is 22.7 Å². The summed E-state index contributed by atoms with van der Waals surface area (Å²) in [4.78, 5) is 0. The average Bonchev–Trinajstić information content (AvgIpc) is 2.61. The van der Waals surface area contributed by atoms with Crippen molar-refractivity contribution in [1.82, 2.24) is 0 Å². The summed E-state index contributed by atoms with van der Waals surface area (Å²) in [6.45, 7) is 12.7. The van der Waals surface area contributed by atoms with Crippen molar-refractivity contribution in [1.29, 1.82) is 0 Å². The Labute approximate surface area is 111 Å². The van der Waals surface area contributed by atoms with Crippen molar-refractivity contribution in [2.75, 3.05) is 6.61 Å². The normalized spacial score (nSPS) is 50.3. The largest absolute Gasteiger partial charge is 0.352 e. The van der Waals surface area contributed by atoms with Crippen LogP contribution in [0.4, 0.5) is 0 Å². The molecule has 0 amide bonds. The van der Waals surface area contributed by atoms with Crippen LogP contribution < -0.4 is 0 Å². The highest BCUT2D eigenvalue weighted by Crippen LogP contribution is 2.72. The Bertz CT molecular complexity index is 349. The number of fused-ring (bicyclic) bond motifs is 3. The van der Waals surface area contributed by atoms with Crippen molar-refractivity contribution in [2.24, 2.45) is 22.7 Å². The third-order valence-electron chi connectivity index (χ3n) is 6.69. The van der Waals surface area contributed by atoms with Gasteiger partial charge in [0.25, 0.3) is 0 Å². The fourth-order valence-electron chi connectivity index (χ4n) is 4.93. The molecule has 18 heavy (non-hydrogen) atoms. The first-order chi connectivity index (χ1) is 8.32. The second-order valence-corrected chi connectivity index (χ2v) is 7.84. The Kier molecular flexibility index (Phi) is 2.68. The maximum absolute atomic E-state index is 6.55. The van der Waals surface area contributed by atoms with Crippen molar-refractivity contribution >= 4 is 0 Å². The molecule has 104 valence electrons. The minimum absolute atomic E-state index is 0.00530. The average molecular weight is 252 g/mol. The van der Waals surface area contributed by atoms with Gasteiger partial charge in [-0.05, 0) is 30.6 Å². The van der Waals surface area contributed by atoms with E-state index in [2.05, 4.69) is 34.6 Å². The van der Waals surface area contributed by atoms with Gasteiger partial charge in [0, 0.05) is 17.8 Å². The lowest BCUT2D eigenvalue weighted by Gasteiger charge is -2.52. The highest BCUT2D eigenvalue weighted by Gasteiger charge is 2.70. The molecule has 1 aliphatic heterocycles. The fourth-order valence-corrected chi connectivity index (χ4v) is 4.93. The highest BCUT2D eigenvalue weighted by molar-refractivity contribution is 5.19. The monoisotopic (exact) mass is 252 g/mol. The maximum atomic E-state index is 6.55. The topological polar surface area (TPSA) is 18.5 Å². The summed E-state index contributed by atoms with van der Waals surface area (Å²) in [5.41, 5.74) is 0.847. The van der Waals surface area contributed by atoms with E-state index in [1.54, 1.807) is 0 Å². The molecule has 2 bridgehead atoms. The zero-order valence-electron chi connectivity index (χ0n) is 12.6. The molecule has 2 heteroatoms. The van der Waals surface area contributed by atoms with Crippen molar-refractivity contribution in [2.45, 2.75) is 72.2 Å². The Morgan fingerprint density at radius 2 is 1.83 bits per heavy atom. The molecule has 0 aromatic heterocycles. The fraction of sp³-hybridized carbons (Fsp3) is 1.00. The number of hydrogen-bond acceptors (Lipinski definition) is 2. The highest BCUT2D eigenvalue weighted by atomic mass is 16.7. The summed E-state index contributed by atoms with van der Waals surface area (Å²) in [7, 11) is 0. The van der Waals surface area contributed by atoms with Gasteiger partial charge in [-0.25, -0.2) is 0 Å². The molecule has 0 radical (unpaired) electrons. The van der Waals surface area contributed by atoms with Crippen LogP contribution in [0.3, 0.4) is 0 Å². The van der Waals surface area contributed by atoms with Gasteiger partial charge in [-0.1, -0.05) is 34.6 Å². The van der Waals surface area contributed by atoms with Gasteiger partial charge >= 0.3 is 0 Å². The van der Waals surface area contributed by atoms with Gasteiger partial charge in [-0.15, -0.1) is 0 Å². The second kappa shape index (κ2) is 3.73. The standard InChI is InChI=1S/C16H28O2/c1-11(2)13-17-9-8-16(18-13)10-12-6-7-15(16,5)14(12,3)4/h11-13H,6-10H2,1-5H3/t12-,13+,15-,16+/m1/s1. The molecule has 0 unspecified atom stereocenters.